The summed E-state index contributed by atoms with van der Waals surface area (Å²) in [5.41, 5.74) is 5.24. The minimum Gasteiger partial charge on any atom is -0.392 e. The van der Waals surface area contributed by atoms with Gasteiger partial charge in [-0.3, -0.25) is 4.90 Å². The van der Waals surface area contributed by atoms with Crippen molar-refractivity contribution in [3.8, 4) is 0 Å². The van der Waals surface area contributed by atoms with Crippen LogP contribution in [-0.2, 0) is 6.61 Å². The first-order chi connectivity index (χ1) is 13.7. The number of aliphatic imine (C=N–C) groups is 1. The van der Waals surface area contributed by atoms with Crippen molar-refractivity contribution in [1.29, 1.82) is 0 Å². The lowest BCUT2D eigenvalue weighted by molar-refractivity contribution is 0.282. The number of hydrogen-bond acceptors (Lipinski definition) is 4. The van der Waals surface area contributed by atoms with Gasteiger partial charge in [-0.2, -0.15) is 4.99 Å². The highest BCUT2D eigenvalue weighted by Gasteiger charge is 2.37. The second kappa shape index (κ2) is 6.75. The number of benzene rings is 3. The zero-order valence-corrected chi connectivity index (χ0v) is 15.7. The Labute approximate surface area is 164 Å². The number of rotatable bonds is 3. The zero-order valence-electron chi connectivity index (χ0n) is 15.7. The molecule has 3 aromatic carbocycles. The largest absolute Gasteiger partial charge is 0.392 e. The molecule has 0 aromatic heterocycles. The molecule has 2 aliphatic rings. The van der Waals surface area contributed by atoms with Crippen molar-refractivity contribution in [1.82, 2.24) is 4.90 Å². The molecule has 5 rings (SSSR count). The SMILES string of the molecule is CC1=CN(c2cccc(CO)c2)C[N+]2C=C(c3cccc4ccccc34)N=C12. The van der Waals surface area contributed by atoms with Gasteiger partial charge in [0.1, 0.15) is 5.70 Å². The summed E-state index contributed by atoms with van der Waals surface area (Å²) in [5, 5.41) is 11.9. The highest BCUT2D eigenvalue weighted by Crippen LogP contribution is 2.32. The molecule has 4 nitrogen and oxygen atoms in total. The smallest absolute Gasteiger partial charge is 0.288 e. The maximum absolute atomic E-state index is 9.44. The topological polar surface area (TPSA) is 41.7 Å². The summed E-state index contributed by atoms with van der Waals surface area (Å²) in [5.74, 6) is 0.998. The summed E-state index contributed by atoms with van der Waals surface area (Å²) in [6.07, 6.45) is 4.27. The average molecular weight is 367 g/mol. The van der Waals surface area contributed by atoms with Crippen molar-refractivity contribution in [2.24, 2.45) is 4.99 Å². The van der Waals surface area contributed by atoms with Crippen molar-refractivity contribution >= 4 is 28.0 Å². The summed E-state index contributed by atoms with van der Waals surface area (Å²) in [6, 6.07) is 22.8. The minimum absolute atomic E-state index is 0.0476. The van der Waals surface area contributed by atoms with Gasteiger partial charge in [-0.15, -0.1) is 0 Å². The third-order valence-corrected chi connectivity index (χ3v) is 5.27. The third kappa shape index (κ3) is 2.83. The number of aliphatic hydroxyl groups is 1. The monoisotopic (exact) mass is 367 g/mol. The van der Waals surface area contributed by atoms with E-state index in [0.29, 0.717) is 6.67 Å². The molecule has 0 amide bonds. The standard InChI is InChI=1S/C24H21N3O/c1-17-13-26(20-9-4-6-18(12-20)15-28)16-27-14-23(25-24(17)27)22-11-5-8-19-7-2-3-10-21(19)22/h2-14,28H,15-16H2,1H3/q+1. The van der Waals surface area contributed by atoms with Crippen LogP contribution in [0, 0.1) is 0 Å². The molecule has 2 heterocycles. The number of aliphatic hydroxyl groups excluding tert-OH is 1. The molecular weight excluding hydrogens is 346 g/mol. The van der Waals surface area contributed by atoms with E-state index in [4.69, 9.17) is 4.99 Å². The van der Waals surface area contributed by atoms with E-state index in [-0.39, 0.29) is 6.61 Å². The van der Waals surface area contributed by atoms with Crippen molar-refractivity contribution in [3.63, 3.8) is 0 Å². The summed E-state index contributed by atoms with van der Waals surface area (Å²) >= 11 is 0. The molecule has 3 aromatic rings. The second-order valence-electron chi connectivity index (χ2n) is 7.20. The van der Waals surface area contributed by atoms with Gasteiger partial charge >= 0.3 is 0 Å². The van der Waals surface area contributed by atoms with E-state index in [1.54, 1.807) is 0 Å². The lowest BCUT2D eigenvalue weighted by atomic mass is 10.0. The molecule has 0 atom stereocenters. The molecule has 0 saturated heterocycles. The molecule has 0 fully saturated rings. The van der Waals surface area contributed by atoms with Crippen LogP contribution in [0.4, 0.5) is 5.69 Å². The molecule has 2 aliphatic heterocycles. The van der Waals surface area contributed by atoms with Gasteiger partial charge in [0.15, 0.2) is 6.20 Å². The predicted octanol–water partition coefficient (Wildman–Crippen LogP) is 4.56. The summed E-state index contributed by atoms with van der Waals surface area (Å²) in [7, 11) is 0. The van der Waals surface area contributed by atoms with Gasteiger partial charge in [0.2, 0.25) is 6.67 Å². The average Bonchev–Trinajstić information content (AvgIpc) is 3.18. The molecule has 4 heteroatoms. The number of hydrogen-bond donors (Lipinski definition) is 1. The van der Waals surface area contributed by atoms with Gasteiger partial charge in [-0.25, -0.2) is 0 Å². The zero-order chi connectivity index (χ0) is 19.1. The van der Waals surface area contributed by atoms with E-state index in [0.717, 1.165) is 33.9 Å². The summed E-state index contributed by atoms with van der Waals surface area (Å²) < 4.78 is 0. The Kier molecular flexibility index (Phi) is 4.08. The van der Waals surface area contributed by atoms with Crippen LogP contribution in [-0.4, -0.2) is 17.6 Å². The Morgan fingerprint density at radius 1 is 1.04 bits per heavy atom. The molecule has 0 saturated carbocycles. The molecule has 28 heavy (non-hydrogen) atoms. The van der Waals surface area contributed by atoms with Crippen LogP contribution in [0.5, 0.6) is 0 Å². The molecule has 0 aliphatic carbocycles. The number of amidine groups is 1. The summed E-state index contributed by atoms with van der Waals surface area (Å²) in [6.45, 7) is 2.83. The first-order valence-corrected chi connectivity index (χ1v) is 9.43. The predicted molar refractivity (Wildman–Crippen MR) is 115 cm³/mol. The van der Waals surface area contributed by atoms with Crippen LogP contribution >= 0.6 is 0 Å². The van der Waals surface area contributed by atoms with Crippen LogP contribution in [0.1, 0.15) is 18.1 Å². The van der Waals surface area contributed by atoms with Crippen LogP contribution < -0.4 is 9.80 Å². The lowest BCUT2D eigenvalue weighted by Crippen LogP contribution is -2.43. The van der Waals surface area contributed by atoms with Crippen molar-refractivity contribution in [3.05, 3.63) is 95.8 Å². The van der Waals surface area contributed by atoms with E-state index in [2.05, 4.69) is 77.7 Å². The molecule has 0 unspecified atom stereocenters. The van der Waals surface area contributed by atoms with E-state index < -0.39 is 0 Å². The first kappa shape index (κ1) is 16.9. The Balaban J connectivity index is 1.52. The quantitative estimate of drug-likeness (QED) is 0.689. The second-order valence-corrected chi connectivity index (χ2v) is 7.20. The highest BCUT2D eigenvalue weighted by molar-refractivity contribution is 6.09. The normalized spacial score (nSPS) is 16.6. The van der Waals surface area contributed by atoms with Crippen molar-refractivity contribution < 1.29 is 5.11 Å². The lowest BCUT2D eigenvalue weighted by Gasteiger charge is -2.24. The van der Waals surface area contributed by atoms with Gasteiger partial charge in [0.05, 0.1) is 12.2 Å². The minimum atomic E-state index is 0.0476. The van der Waals surface area contributed by atoms with Crippen LogP contribution in [0.3, 0.4) is 0 Å². The maximum atomic E-state index is 9.44. The van der Waals surface area contributed by atoms with Gasteiger partial charge < -0.3 is 5.11 Å². The van der Waals surface area contributed by atoms with Gasteiger partial charge in [0.25, 0.3) is 5.84 Å². The Morgan fingerprint density at radius 2 is 1.86 bits per heavy atom. The van der Waals surface area contributed by atoms with Crippen LogP contribution in [0.15, 0.2) is 89.7 Å². The fourth-order valence-electron chi connectivity index (χ4n) is 3.90. The Morgan fingerprint density at radius 3 is 2.75 bits per heavy atom. The van der Waals surface area contributed by atoms with Crippen LogP contribution in [0.25, 0.3) is 16.5 Å². The van der Waals surface area contributed by atoms with Gasteiger partial charge in [0, 0.05) is 17.5 Å². The molecule has 137 valence electrons. The summed E-state index contributed by atoms with van der Waals surface area (Å²) in [4.78, 5) is 9.33. The van der Waals surface area contributed by atoms with Gasteiger partial charge in [-0.05, 0) is 35.4 Å². The molecule has 0 spiro atoms. The van der Waals surface area contributed by atoms with E-state index in [9.17, 15) is 5.11 Å². The molecule has 1 radical (unpaired) electrons. The first-order valence-electron chi connectivity index (χ1n) is 9.43. The molecular formula is C24H21N3O+. The molecule has 0 bridgehead atoms. The molecule has 1 N–H and O–H groups in total. The van der Waals surface area contributed by atoms with E-state index in [1.807, 2.05) is 18.2 Å². The Bertz CT molecular complexity index is 1150. The van der Waals surface area contributed by atoms with Crippen molar-refractivity contribution in [2.75, 3.05) is 11.6 Å². The fraction of sp³-hybridized carbons (Fsp3) is 0.125. The maximum Gasteiger partial charge on any atom is 0.288 e. The Hall–Kier alpha value is -3.21. The highest BCUT2D eigenvalue weighted by atomic mass is 16.3. The van der Waals surface area contributed by atoms with Crippen LogP contribution in [0.2, 0.25) is 0 Å². The third-order valence-electron chi connectivity index (χ3n) is 5.27. The van der Waals surface area contributed by atoms with E-state index >= 15 is 0 Å². The number of fused-ring (bicyclic) bond motifs is 2. The van der Waals surface area contributed by atoms with E-state index in [1.165, 1.54) is 10.8 Å². The number of nitrogens with zero attached hydrogens (tertiary/aromatic N) is 3. The fourth-order valence-corrected chi connectivity index (χ4v) is 3.90. The van der Waals surface area contributed by atoms with Crippen molar-refractivity contribution in [2.45, 2.75) is 13.5 Å². The number of anilines is 1. The van der Waals surface area contributed by atoms with Gasteiger partial charge in [-0.1, -0.05) is 59.5 Å².